The SMILES string of the molecule is C.C=CC(=O)OC.C=CC(=O)OC. The smallest absolute Gasteiger partial charge is 0.329 e. The molecule has 0 rings (SSSR count). The molecule has 0 aliphatic rings. The molecule has 0 saturated carbocycles. The Kier molecular flexibility index (Phi) is 17.5. The molecule has 0 bridgehead atoms. The van der Waals surface area contributed by atoms with Crippen LogP contribution in [0.1, 0.15) is 7.43 Å². The van der Waals surface area contributed by atoms with Gasteiger partial charge in [-0.15, -0.1) is 0 Å². The molecule has 0 atom stereocenters. The lowest BCUT2D eigenvalue weighted by atomic mass is 10.7. The molecular formula is C9H16O4. The average Bonchev–Trinajstić information content (AvgIpc) is 2.16. The standard InChI is InChI=1S/2C4H6O2.CH4/c2*1-3-4(5)6-2;/h2*3H,1H2,2H3;1H4. The summed E-state index contributed by atoms with van der Waals surface area (Å²) in [5.74, 6) is -0.787. The van der Waals surface area contributed by atoms with Crippen LogP contribution in [0.4, 0.5) is 0 Å². The van der Waals surface area contributed by atoms with Crippen LogP contribution < -0.4 is 0 Å². The Morgan fingerprint density at radius 1 is 1.00 bits per heavy atom. The van der Waals surface area contributed by atoms with Crippen molar-refractivity contribution < 1.29 is 19.1 Å². The summed E-state index contributed by atoms with van der Waals surface area (Å²) in [7, 11) is 2.62. The lowest BCUT2D eigenvalue weighted by molar-refractivity contribution is -0.135. The van der Waals surface area contributed by atoms with Gasteiger partial charge in [0, 0.05) is 12.2 Å². The highest BCUT2D eigenvalue weighted by atomic mass is 16.5. The highest BCUT2D eigenvalue weighted by molar-refractivity contribution is 5.81. The van der Waals surface area contributed by atoms with Gasteiger partial charge in [-0.25, -0.2) is 9.59 Å². The van der Waals surface area contributed by atoms with E-state index in [1.807, 2.05) is 0 Å². The molecule has 0 aliphatic heterocycles. The van der Waals surface area contributed by atoms with E-state index in [1.54, 1.807) is 0 Å². The lowest BCUT2D eigenvalue weighted by Crippen LogP contribution is -1.91. The van der Waals surface area contributed by atoms with Gasteiger partial charge >= 0.3 is 11.9 Å². The lowest BCUT2D eigenvalue weighted by Gasteiger charge is -1.83. The number of methoxy groups -OCH3 is 2. The van der Waals surface area contributed by atoms with E-state index in [-0.39, 0.29) is 7.43 Å². The Morgan fingerprint density at radius 2 is 1.23 bits per heavy atom. The molecule has 0 fully saturated rings. The molecule has 0 spiro atoms. The predicted octanol–water partition coefficient (Wildman–Crippen LogP) is 1.33. The summed E-state index contributed by atoms with van der Waals surface area (Å²) in [5.41, 5.74) is 0. The largest absolute Gasteiger partial charge is 0.466 e. The first kappa shape index (κ1) is 17.5. The number of esters is 2. The van der Waals surface area contributed by atoms with Crippen LogP contribution >= 0.6 is 0 Å². The molecule has 0 aromatic carbocycles. The quantitative estimate of drug-likeness (QED) is 0.484. The molecular weight excluding hydrogens is 172 g/mol. The van der Waals surface area contributed by atoms with Gasteiger partial charge in [0.15, 0.2) is 0 Å². The van der Waals surface area contributed by atoms with Crippen LogP contribution in [-0.2, 0) is 19.1 Å². The summed E-state index contributed by atoms with van der Waals surface area (Å²) in [6, 6.07) is 0. The third kappa shape index (κ3) is 17.9. The van der Waals surface area contributed by atoms with Gasteiger partial charge in [-0.05, 0) is 0 Å². The van der Waals surface area contributed by atoms with Crippen molar-refractivity contribution in [1.29, 1.82) is 0 Å². The molecule has 0 radical (unpaired) electrons. The summed E-state index contributed by atoms with van der Waals surface area (Å²) in [5, 5.41) is 0. The molecule has 0 heterocycles. The van der Waals surface area contributed by atoms with Crippen LogP contribution in [0, 0.1) is 0 Å². The molecule has 0 saturated heterocycles. The Morgan fingerprint density at radius 3 is 1.23 bits per heavy atom. The maximum Gasteiger partial charge on any atom is 0.329 e. The van der Waals surface area contributed by atoms with Gasteiger partial charge in [-0.2, -0.15) is 0 Å². The fourth-order valence-electron chi connectivity index (χ4n) is 0.167. The van der Waals surface area contributed by atoms with Crippen LogP contribution in [0.15, 0.2) is 25.3 Å². The highest BCUT2D eigenvalue weighted by Crippen LogP contribution is 1.68. The zero-order chi connectivity index (χ0) is 9.98. The fourth-order valence-corrected chi connectivity index (χ4v) is 0.167. The number of hydrogen-bond acceptors (Lipinski definition) is 4. The fraction of sp³-hybridized carbons (Fsp3) is 0.333. The Bertz CT molecular complexity index is 152. The second kappa shape index (κ2) is 13.0. The number of hydrogen-bond donors (Lipinski definition) is 0. The van der Waals surface area contributed by atoms with E-state index < -0.39 is 11.9 Å². The van der Waals surface area contributed by atoms with Crippen molar-refractivity contribution in [2.45, 2.75) is 7.43 Å². The van der Waals surface area contributed by atoms with Crippen molar-refractivity contribution in [1.82, 2.24) is 0 Å². The summed E-state index contributed by atoms with van der Waals surface area (Å²) >= 11 is 0. The summed E-state index contributed by atoms with van der Waals surface area (Å²) in [4.78, 5) is 19.7. The van der Waals surface area contributed by atoms with Crippen LogP contribution in [0.2, 0.25) is 0 Å². The normalized spacial score (nSPS) is 6.31. The maximum absolute atomic E-state index is 9.84. The Hall–Kier alpha value is -1.58. The average molecular weight is 188 g/mol. The molecule has 0 aromatic rings. The molecule has 76 valence electrons. The Labute approximate surface area is 78.8 Å². The van der Waals surface area contributed by atoms with E-state index in [0.717, 1.165) is 12.2 Å². The van der Waals surface area contributed by atoms with Crippen molar-refractivity contribution >= 4 is 11.9 Å². The highest BCUT2D eigenvalue weighted by Gasteiger charge is 1.82. The molecule has 0 unspecified atom stereocenters. The zero-order valence-electron chi connectivity index (χ0n) is 7.20. The summed E-state index contributed by atoms with van der Waals surface area (Å²) < 4.78 is 8.28. The summed E-state index contributed by atoms with van der Waals surface area (Å²) in [6.45, 7) is 6.31. The van der Waals surface area contributed by atoms with Crippen LogP contribution in [0.5, 0.6) is 0 Å². The minimum atomic E-state index is -0.394. The third-order valence-corrected chi connectivity index (χ3v) is 0.736. The van der Waals surface area contributed by atoms with E-state index >= 15 is 0 Å². The monoisotopic (exact) mass is 188 g/mol. The van der Waals surface area contributed by atoms with E-state index in [2.05, 4.69) is 22.6 Å². The van der Waals surface area contributed by atoms with Crippen LogP contribution in [0.25, 0.3) is 0 Å². The van der Waals surface area contributed by atoms with Gasteiger partial charge in [0.2, 0.25) is 0 Å². The van der Waals surface area contributed by atoms with Gasteiger partial charge in [0.1, 0.15) is 0 Å². The van der Waals surface area contributed by atoms with Crippen molar-refractivity contribution in [2.75, 3.05) is 14.2 Å². The van der Waals surface area contributed by atoms with Crippen molar-refractivity contribution in [2.24, 2.45) is 0 Å². The maximum atomic E-state index is 9.84. The number of carbonyl (C=O) groups is 2. The van der Waals surface area contributed by atoms with E-state index in [1.165, 1.54) is 14.2 Å². The van der Waals surface area contributed by atoms with Gasteiger partial charge in [0.05, 0.1) is 14.2 Å². The van der Waals surface area contributed by atoms with E-state index in [0.29, 0.717) is 0 Å². The van der Waals surface area contributed by atoms with E-state index in [4.69, 9.17) is 0 Å². The summed E-state index contributed by atoms with van der Waals surface area (Å²) in [6.07, 6.45) is 2.22. The molecule has 13 heavy (non-hydrogen) atoms. The first-order valence-corrected chi connectivity index (χ1v) is 3.03. The minimum absolute atomic E-state index is 0. The topological polar surface area (TPSA) is 52.6 Å². The van der Waals surface area contributed by atoms with Gasteiger partial charge < -0.3 is 9.47 Å². The first-order chi connectivity index (χ1) is 5.62. The molecule has 4 nitrogen and oxygen atoms in total. The third-order valence-electron chi connectivity index (χ3n) is 0.736. The molecule has 0 aliphatic carbocycles. The van der Waals surface area contributed by atoms with Gasteiger partial charge in [-0.3, -0.25) is 0 Å². The second-order valence-electron chi connectivity index (χ2n) is 1.45. The second-order valence-corrected chi connectivity index (χ2v) is 1.45. The van der Waals surface area contributed by atoms with Crippen molar-refractivity contribution in [3.8, 4) is 0 Å². The van der Waals surface area contributed by atoms with Gasteiger partial charge in [0.25, 0.3) is 0 Å². The molecule has 0 amide bonds. The zero-order valence-corrected chi connectivity index (χ0v) is 7.20. The first-order valence-electron chi connectivity index (χ1n) is 3.03. The number of rotatable bonds is 2. The number of carbonyl (C=O) groups excluding carboxylic acids is 2. The minimum Gasteiger partial charge on any atom is -0.466 e. The van der Waals surface area contributed by atoms with Crippen molar-refractivity contribution in [3.05, 3.63) is 25.3 Å². The van der Waals surface area contributed by atoms with Crippen LogP contribution in [0.3, 0.4) is 0 Å². The molecule has 0 N–H and O–H groups in total. The van der Waals surface area contributed by atoms with Crippen LogP contribution in [-0.4, -0.2) is 26.2 Å². The van der Waals surface area contributed by atoms with E-state index in [9.17, 15) is 9.59 Å². The molecule has 4 heteroatoms. The molecule has 0 aromatic heterocycles. The number of ether oxygens (including phenoxy) is 2. The predicted molar refractivity (Wildman–Crippen MR) is 51.2 cm³/mol. The Balaban J connectivity index is -0.000000143. The van der Waals surface area contributed by atoms with Gasteiger partial charge in [-0.1, -0.05) is 20.6 Å². The van der Waals surface area contributed by atoms with Crippen molar-refractivity contribution in [3.63, 3.8) is 0 Å².